The van der Waals surface area contributed by atoms with Gasteiger partial charge >= 0.3 is 0 Å². The van der Waals surface area contributed by atoms with Crippen LogP contribution in [0.4, 0.5) is 46.0 Å². The number of aromatic nitrogens is 6. The molecule has 346 valence electrons. The molecule has 0 saturated carbocycles. The summed E-state index contributed by atoms with van der Waals surface area (Å²) in [6.45, 7) is 3.43. The maximum atomic E-state index is 5.64. The molecule has 0 aliphatic carbocycles. The van der Waals surface area contributed by atoms with E-state index in [0.717, 1.165) is 134 Å². The zero-order valence-electron chi connectivity index (χ0n) is 39.6. The second-order valence-corrected chi connectivity index (χ2v) is 19.3. The number of fused-ring (bicyclic) bond motifs is 7. The van der Waals surface area contributed by atoms with E-state index in [1.54, 1.807) is 0 Å². The van der Waals surface area contributed by atoms with Gasteiger partial charge in [-0.15, -0.1) is 0 Å². The highest BCUT2D eigenvalue weighted by molar-refractivity contribution is 6.09. The van der Waals surface area contributed by atoms with E-state index < -0.39 is 0 Å². The Hall–Kier alpha value is -8.37. The van der Waals surface area contributed by atoms with Crippen molar-refractivity contribution in [1.29, 1.82) is 0 Å². The molecule has 0 spiro atoms. The average Bonchev–Trinajstić information content (AvgIpc) is 3.78. The van der Waals surface area contributed by atoms with Crippen molar-refractivity contribution in [3.8, 4) is 28.7 Å². The van der Waals surface area contributed by atoms with Crippen molar-refractivity contribution >= 4 is 67.8 Å². The maximum Gasteiger partial charge on any atom is 0.182 e. The van der Waals surface area contributed by atoms with Crippen LogP contribution in [0, 0.1) is 0 Å². The molecule has 0 unspecified atom stereocenters. The van der Waals surface area contributed by atoms with Crippen molar-refractivity contribution in [2.24, 2.45) is 0 Å². The molecule has 14 rings (SSSR count). The highest BCUT2D eigenvalue weighted by Crippen LogP contribution is 2.42. The minimum atomic E-state index is 0.554. The van der Waals surface area contributed by atoms with Crippen molar-refractivity contribution in [1.82, 2.24) is 29.5 Å². The summed E-state index contributed by atoms with van der Waals surface area (Å²) >= 11 is 0. The standard InChI is InChI=1S/C61H52N10/c1-7-27-49-41(17-1)21-13-33-67(49)55-39-56(68-34-14-22-42-18-2-8-28-50(42)68)64-60(63-55)45-37-48(62-59(38-45)71-53-31-11-5-25-46(53)47-26-6-12-32-54(47)71)61-65-57(69-35-15-23-43-19-3-9-29-51(43)69)40-58(66-61)70-36-16-24-44-20-4-10-30-52(44)70/h1-12,17-20,25-32,37-40H,13-16,21-24,33-36H2. The molecule has 0 N–H and O–H groups in total. The summed E-state index contributed by atoms with van der Waals surface area (Å²) in [5, 5.41) is 2.33. The molecule has 0 bridgehead atoms. The molecule has 0 amide bonds. The van der Waals surface area contributed by atoms with Crippen LogP contribution in [0.2, 0.25) is 0 Å². The first-order chi connectivity index (χ1) is 35.2. The molecule has 0 radical (unpaired) electrons. The fourth-order valence-corrected chi connectivity index (χ4v) is 11.8. The largest absolute Gasteiger partial charge is 0.326 e. The summed E-state index contributed by atoms with van der Waals surface area (Å²) in [5.74, 6) is 5.41. The average molecular weight is 925 g/mol. The Bertz CT molecular complexity index is 3310. The van der Waals surface area contributed by atoms with Gasteiger partial charge in [0.05, 0.1) is 11.0 Å². The maximum absolute atomic E-state index is 5.64. The van der Waals surface area contributed by atoms with Gasteiger partial charge in [-0.3, -0.25) is 4.57 Å². The number of pyridine rings is 1. The van der Waals surface area contributed by atoms with E-state index >= 15 is 0 Å². The normalized spacial score (nSPS) is 15.4. The Kier molecular flexibility index (Phi) is 10.1. The van der Waals surface area contributed by atoms with Crippen LogP contribution in [0.3, 0.4) is 0 Å². The topological polar surface area (TPSA) is 82.3 Å². The van der Waals surface area contributed by atoms with Crippen molar-refractivity contribution in [2.45, 2.75) is 51.4 Å². The lowest BCUT2D eigenvalue weighted by atomic mass is 10.0. The van der Waals surface area contributed by atoms with Crippen LogP contribution < -0.4 is 19.6 Å². The summed E-state index contributed by atoms with van der Waals surface area (Å²) in [6.07, 6.45) is 8.29. The minimum absolute atomic E-state index is 0.554. The van der Waals surface area contributed by atoms with Gasteiger partial charge in [0.2, 0.25) is 0 Å². The highest BCUT2D eigenvalue weighted by atomic mass is 15.3. The molecule has 4 aliphatic rings. The van der Waals surface area contributed by atoms with Gasteiger partial charge in [0.15, 0.2) is 11.6 Å². The summed E-state index contributed by atoms with van der Waals surface area (Å²) < 4.78 is 2.29. The number of aryl methyl sites for hydroxylation is 4. The van der Waals surface area contributed by atoms with E-state index in [9.17, 15) is 0 Å². The van der Waals surface area contributed by atoms with Crippen LogP contribution in [0.15, 0.2) is 170 Å². The van der Waals surface area contributed by atoms with Crippen LogP contribution in [-0.2, 0) is 25.7 Å². The molecule has 0 saturated heterocycles. The number of rotatable bonds is 7. The Morgan fingerprint density at radius 1 is 0.310 bits per heavy atom. The predicted molar refractivity (Wildman–Crippen MR) is 288 cm³/mol. The van der Waals surface area contributed by atoms with Gasteiger partial charge in [-0.2, -0.15) is 0 Å². The second-order valence-electron chi connectivity index (χ2n) is 19.3. The van der Waals surface area contributed by atoms with Crippen LogP contribution in [0.25, 0.3) is 50.5 Å². The Morgan fingerprint density at radius 3 is 1.07 bits per heavy atom. The third-order valence-electron chi connectivity index (χ3n) is 15.1. The predicted octanol–water partition coefficient (Wildman–Crippen LogP) is 13.4. The van der Waals surface area contributed by atoms with Gasteiger partial charge in [-0.25, -0.2) is 24.9 Å². The summed E-state index contributed by atoms with van der Waals surface area (Å²) in [4.78, 5) is 37.5. The zero-order valence-corrected chi connectivity index (χ0v) is 39.6. The van der Waals surface area contributed by atoms with Crippen LogP contribution in [0.5, 0.6) is 0 Å². The van der Waals surface area contributed by atoms with Gasteiger partial charge in [-0.05, 0) is 122 Å². The summed E-state index contributed by atoms with van der Waals surface area (Å²) in [5.41, 5.74) is 13.8. The van der Waals surface area contributed by atoms with Gasteiger partial charge in [0.25, 0.3) is 0 Å². The van der Waals surface area contributed by atoms with E-state index in [1.165, 1.54) is 45.0 Å². The van der Waals surface area contributed by atoms with E-state index in [-0.39, 0.29) is 0 Å². The number of anilines is 8. The highest BCUT2D eigenvalue weighted by Gasteiger charge is 2.29. The number of para-hydroxylation sites is 6. The smallest absolute Gasteiger partial charge is 0.182 e. The second kappa shape index (κ2) is 17.2. The van der Waals surface area contributed by atoms with Gasteiger partial charge in [0, 0.05) is 77.4 Å². The van der Waals surface area contributed by atoms with Crippen molar-refractivity contribution in [3.63, 3.8) is 0 Å². The van der Waals surface area contributed by atoms with Crippen LogP contribution >= 0.6 is 0 Å². The summed E-state index contributed by atoms with van der Waals surface area (Å²) in [7, 11) is 0. The van der Waals surface area contributed by atoms with Crippen molar-refractivity contribution in [2.75, 3.05) is 45.8 Å². The molecule has 0 fully saturated rings. The van der Waals surface area contributed by atoms with Crippen LogP contribution in [-0.4, -0.2) is 55.7 Å². The number of benzene rings is 6. The summed E-state index contributed by atoms with van der Waals surface area (Å²) in [6, 6.07) is 61.0. The number of hydrogen-bond donors (Lipinski definition) is 0. The lowest BCUT2D eigenvalue weighted by molar-refractivity contribution is 0.749. The Balaban J connectivity index is 1.03. The molecular weight excluding hydrogens is 873 g/mol. The van der Waals surface area contributed by atoms with Gasteiger partial charge in [0.1, 0.15) is 34.8 Å². The molecule has 71 heavy (non-hydrogen) atoms. The molecule has 10 aromatic rings. The van der Waals surface area contributed by atoms with Gasteiger partial charge < -0.3 is 19.6 Å². The minimum Gasteiger partial charge on any atom is -0.326 e. The monoisotopic (exact) mass is 924 g/mol. The van der Waals surface area contributed by atoms with Crippen molar-refractivity contribution < 1.29 is 0 Å². The Labute approximate surface area is 413 Å². The lowest BCUT2D eigenvalue weighted by Crippen LogP contribution is -2.28. The molecule has 10 nitrogen and oxygen atoms in total. The van der Waals surface area contributed by atoms with E-state index in [0.29, 0.717) is 17.3 Å². The van der Waals surface area contributed by atoms with Crippen molar-refractivity contribution in [3.05, 3.63) is 192 Å². The number of hydrogen-bond acceptors (Lipinski definition) is 9. The number of nitrogens with zero attached hydrogens (tertiary/aromatic N) is 10. The molecule has 4 aromatic heterocycles. The SMILES string of the molecule is c1ccc2c(c1)CCCN2c1cc(N2CCCc3ccccc32)nc(-c2cc(-c3nc(N4CCCc5ccccc54)cc(N4CCCc5ccccc54)n3)nc(-n3c4ccccc4c4ccccc43)c2)n1. The third-order valence-corrected chi connectivity index (χ3v) is 15.1. The first-order valence-electron chi connectivity index (χ1n) is 25.4. The van der Waals surface area contributed by atoms with E-state index in [2.05, 4.69) is 194 Å². The first-order valence-corrected chi connectivity index (χ1v) is 25.4. The zero-order chi connectivity index (χ0) is 46.8. The van der Waals surface area contributed by atoms with E-state index in [1.807, 2.05) is 0 Å². The first kappa shape index (κ1) is 41.6. The third kappa shape index (κ3) is 7.27. The molecule has 10 heteroatoms. The molecule has 6 aromatic carbocycles. The van der Waals surface area contributed by atoms with Crippen LogP contribution in [0.1, 0.15) is 47.9 Å². The molecule has 8 heterocycles. The lowest BCUT2D eigenvalue weighted by Gasteiger charge is -2.33. The fraction of sp³-hybridized carbons (Fsp3) is 0.197. The molecule has 0 atom stereocenters. The van der Waals surface area contributed by atoms with E-state index in [4.69, 9.17) is 24.9 Å². The van der Waals surface area contributed by atoms with Gasteiger partial charge in [-0.1, -0.05) is 109 Å². The molecular formula is C61H52N10. The quantitative estimate of drug-likeness (QED) is 0.155. The molecule has 4 aliphatic heterocycles. The fourth-order valence-electron chi connectivity index (χ4n) is 11.8. The Morgan fingerprint density at radius 2 is 0.662 bits per heavy atom.